The molecule has 0 radical (unpaired) electrons. The smallest absolute Gasteiger partial charge is 0.338 e. The molecule has 0 amide bonds. The van der Waals surface area contributed by atoms with E-state index in [0.717, 1.165) is 18.2 Å². The molecule has 2 N–H and O–H groups in total. The van der Waals surface area contributed by atoms with Crippen LogP contribution in [0, 0.1) is 12.4 Å². The first kappa shape index (κ1) is 14.3. The van der Waals surface area contributed by atoms with Gasteiger partial charge in [0.1, 0.15) is 17.3 Å². The molecule has 0 spiro atoms. The van der Waals surface area contributed by atoms with E-state index in [-0.39, 0.29) is 22.6 Å². The molecule has 2 aromatic rings. The molecular weight excluding hydrogens is 277 g/mol. The van der Waals surface area contributed by atoms with Crippen LogP contribution in [0.4, 0.5) is 10.1 Å². The van der Waals surface area contributed by atoms with E-state index in [1.165, 1.54) is 19.2 Å². The summed E-state index contributed by atoms with van der Waals surface area (Å²) in [5.41, 5.74) is -0.466. The van der Waals surface area contributed by atoms with Crippen molar-refractivity contribution >= 4 is 11.7 Å². The van der Waals surface area contributed by atoms with E-state index in [4.69, 9.17) is 11.3 Å². The van der Waals surface area contributed by atoms with Gasteiger partial charge in [-0.25, -0.2) is 14.0 Å². The molecule has 0 bridgehead atoms. The van der Waals surface area contributed by atoms with E-state index in [2.05, 4.69) is 4.85 Å². The van der Waals surface area contributed by atoms with Gasteiger partial charge in [0.05, 0.1) is 19.2 Å². The fourth-order valence-electron chi connectivity index (χ4n) is 2.04. The van der Waals surface area contributed by atoms with Crippen molar-refractivity contribution in [3.8, 4) is 22.6 Å². The maximum atomic E-state index is 13.5. The van der Waals surface area contributed by atoms with Crippen LogP contribution in [0.5, 0.6) is 11.5 Å². The van der Waals surface area contributed by atoms with Crippen molar-refractivity contribution in [3.63, 3.8) is 0 Å². The highest BCUT2D eigenvalue weighted by Gasteiger charge is 2.23. The maximum Gasteiger partial charge on any atom is 0.338 e. The molecule has 0 aliphatic heterocycles. The van der Waals surface area contributed by atoms with Crippen molar-refractivity contribution in [2.45, 2.75) is 0 Å². The predicted octanol–water partition coefficient (Wildman–Crippen LogP) is 3.46. The van der Waals surface area contributed by atoms with Crippen LogP contribution in [0.1, 0.15) is 10.4 Å². The van der Waals surface area contributed by atoms with Crippen LogP contribution in [0.25, 0.3) is 16.0 Å². The van der Waals surface area contributed by atoms with Crippen molar-refractivity contribution in [1.82, 2.24) is 0 Å². The number of hydrogen-bond acceptors (Lipinski definition) is 3. The Kier molecular flexibility index (Phi) is 3.76. The molecule has 2 rings (SSSR count). The van der Waals surface area contributed by atoms with Crippen LogP contribution < -0.4 is 4.74 Å². The fraction of sp³-hybridized carbons (Fsp3) is 0.0667. The summed E-state index contributed by atoms with van der Waals surface area (Å²) in [4.78, 5) is 14.6. The number of nitrogens with zero attached hydrogens (tertiary/aromatic N) is 1. The van der Waals surface area contributed by atoms with Gasteiger partial charge < -0.3 is 14.9 Å². The number of methoxy groups -OCH3 is 1. The lowest BCUT2D eigenvalue weighted by atomic mass is 9.96. The Balaban J connectivity index is 2.92. The Morgan fingerprint density at radius 3 is 2.62 bits per heavy atom. The minimum absolute atomic E-state index is 0.0194. The Hall–Kier alpha value is -3.07. The summed E-state index contributed by atoms with van der Waals surface area (Å²) >= 11 is 0. The van der Waals surface area contributed by atoms with E-state index < -0.39 is 23.1 Å². The summed E-state index contributed by atoms with van der Waals surface area (Å²) < 4.78 is 18.6. The monoisotopic (exact) mass is 287 g/mol. The number of hydrogen-bond donors (Lipinski definition) is 2. The molecule has 0 aliphatic rings. The van der Waals surface area contributed by atoms with Crippen molar-refractivity contribution in [1.29, 1.82) is 0 Å². The SMILES string of the molecule is [C-]#[N+]c1ccc(O)c(C(=O)O)c1-c1cc(F)ccc1OC. The average molecular weight is 287 g/mol. The standard InChI is InChI=1S/C15H10FNO4/c1-17-10-4-5-11(18)14(15(19)20)13(10)9-7-8(16)3-6-12(9)21-2/h3-7,18H,2H3,(H,19,20). The maximum absolute atomic E-state index is 13.5. The largest absolute Gasteiger partial charge is 0.507 e. The molecule has 6 heteroatoms. The zero-order chi connectivity index (χ0) is 15.6. The summed E-state index contributed by atoms with van der Waals surface area (Å²) in [5, 5.41) is 19.0. The minimum Gasteiger partial charge on any atom is -0.507 e. The molecule has 106 valence electrons. The number of rotatable bonds is 3. The average Bonchev–Trinajstić information content (AvgIpc) is 2.46. The van der Waals surface area contributed by atoms with E-state index in [1.54, 1.807) is 0 Å². The Bertz CT molecular complexity index is 765. The van der Waals surface area contributed by atoms with Crippen molar-refractivity contribution in [3.05, 3.63) is 53.1 Å². The van der Waals surface area contributed by atoms with E-state index in [1.807, 2.05) is 0 Å². The second kappa shape index (κ2) is 5.51. The highest BCUT2D eigenvalue weighted by Crippen LogP contribution is 2.42. The predicted molar refractivity (Wildman–Crippen MR) is 73.3 cm³/mol. The quantitative estimate of drug-likeness (QED) is 0.848. The fourth-order valence-corrected chi connectivity index (χ4v) is 2.04. The molecule has 0 saturated heterocycles. The summed E-state index contributed by atoms with van der Waals surface area (Å²) in [6.45, 7) is 7.14. The number of phenols is 1. The van der Waals surface area contributed by atoms with Gasteiger partial charge in [-0.05, 0) is 24.3 Å². The number of carboxylic acid groups (broad SMARTS) is 1. The van der Waals surface area contributed by atoms with Gasteiger partial charge in [-0.15, -0.1) is 0 Å². The second-order valence-corrected chi connectivity index (χ2v) is 4.12. The summed E-state index contributed by atoms with van der Waals surface area (Å²) in [7, 11) is 1.34. The highest BCUT2D eigenvalue weighted by atomic mass is 19.1. The van der Waals surface area contributed by atoms with Gasteiger partial charge >= 0.3 is 5.97 Å². The molecule has 0 atom stereocenters. The van der Waals surface area contributed by atoms with Crippen LogP contribution >= 0.6 is 0 Å². The number of benzene rings is 2. The third-order valence-electron chi connectivity index (χ3n) is 2.93. The summed E-state index contributed by atoms with van der Waals surface area (Å²) in [5.74, 6) is -2.33. The van der Waals surface area contributed by atoms with Crippen LogP contribution in [-0.2, 0) is 0 Å². The zero-order valence-electron chi connectivity index (χ0n) is 10.9. The topological polar surface area (TPSA) is 71.1 Å². The van der Waals surface area contributed by atoms with Crippen molar-refractivity contribution in [2.24, 2.45) is 0 Å². The lowest BCUT2D eigenvalue weighted by molar-refractivity contribution is 0.0694. The molecule has 0 aromatic heterocycles. The number of aromatic carboxylic acids is 1. The minimum atomic E-state index is -1.42. The first-order valence-electron chi connectivity index (χ1n) is 5.80. The number of halogens is 1. The van der Waals surface area contributed by atoms with Gasteiger partial charge in [0.15, 0.2) is 5.69 Å². The molecule has 2 aromatic carbocycles. The summed E-state index contributed by atoms with van der Waals surface area (Å²) in [6.07, 6.45) is 0. The van der Waals surface area contributed by atoms with E-state index in [0.29, 0.717) is 0 Å². The second-order valence-electron chi connectivity index (χ2n) is 4.12. The molecule has 0 unspecified atom stereocenters. The number of aromatic hydroxyl groups is 1. The molecule has 0 aliphatic carbocycles. The highest BCUT2D eigenvalue weighted by molar-refractivity contribution is 6.03. The van der Waals surface area contributed by atoms with Gasteiger partial charge in [0.25, 0.3) is 0 Å². The van der Waals surface area contributed by atoms with E-state index >= 15 is 0 Å². The van der Waals surface area contributed by atoms with Gasteiger partial charge in [-0.1, -0.05) is 6.07 Å². The van der Waals surface area contributed by atoms with E-state index in [9.17, 15) is 19.4 Å². The first-order chi connectivity index (χ1) is 9.99. The molecule has 5 nitrogen and oxygen atoms in total. The molecule has 0 heterocycles. The van der Waals surface area contributed by atoms with Gasteiger partial charge in [-0.2, -0.15) is 0 Å². The molecular formula is C15H10FNO4. The normalized spacial score (nSPS) is 9.95. The van der Waals surface area contributed by atoms with Crippen molar-refractivity contribution < 1.29 is 24.1 Å². The number of carbonyl (C=O) groups is 1. The molecule has 0 fully saturated rings. The van der Waals surface area contributed by atoms with Crippen LogP contribution in [0.3, 0.4) is 0 Å². The Morgan fingerprint density at radius 2 is 2.05 bits per heavy atom. The first-order valence-corrected chi connectivity index (χ1v) is 5.80. The van der Waals surface area contributed by atoms with Gasteiger partial charge in [0, 0.05) is 11.1 Å². The molecule has 21 heavy (non-hydrogen) atoms. The number of carboxylic acids is 1. The van der Waals surface area contributed by atoms with Crippen LogP contribution in [0.15, 0.2) is 30.3 Å². The third kappa shape index (κ3) is 2.49. The Labute approximate surface area is 119 Å². The Morgan fingerprint density at radius 1 is 1.33 bits per heavy atom. The van der Waals surface area contributed by atoms with Crippen molar-refractivity contribution in [2.75, 3.05) is 7.11 Å². The van der Waals surface area contributed by atoms with Crippen LogP contribution in [-0.4, -0.2) is 23.3 Å². The molecule has 0 saturated carbocycles. The number of ether oxygens (including phenoxy) is 1. The third-order valence-corrected chi connectivity index (χ3v) is 2.93. The van der Waals surface area contributed by atoms with Gasteiger partial charge in [-0.3, -0.25) is 0 Å². The van der Waals surface area contributed by atoms with Crippen LogP contribution in [0.2, 0.25) is 0 Å². The van der Waals surface area contributed by atoms with Gasteiger partial charge in [0.2, 0.25) is 0 Å². The zero-order valence-corrected chi connectivity index (χ0v) is 10.9. The summed E-state index contributed by atoms with van der Waals surface area (Å²) in [6, 6.07) is 5.94. The lowest BCUT2D eigenvalue weighted by Crippen LogP contribution is -2.01. The lowest BCUT2D eigenvalue weighted by Gasteiger charge is -2.14.